The van der Waals surface area contributed by atoms with E-state index in [2.05, 4.69) is 10.3 Å². The minimum absolute atomic E-state index is 0.00981. The number of carbonyl (C=O) groups is 1. The number of aliphatic hydroxyl groups excluding tert-OH is 2. The Morgan fingerprint density at radius 1 is 1.17 bits per heavy atom. The van der Waals surface area contributed by atoms with Crippen LogP contribution in [0.2, 0.25) is 0 Å². The van der Waals surface area contributed by atoms with Gasteiger partial charge in [-0.1, -0.05) is 30.4 Å². The molecular weight excluding hydrogens is 504 g/mol. The first-order valence-corrected chi connectivity index (χ1v) is 14.3. The molecule has 0 saturated carbocycles. The van der Waals surface area contributed by atoms with Crippen LogP contribution in [0.25, 0.3) is 10.2 Å². The number of ether oxygens (including phenoxy) is 2. The van der Waals surface area contributed by atoms with E-state index in [4.69, 9.17) is 9.47 Å². The van der Waals surface area contributed by atoms with E-state index < -0.39 is 21.8 Å². The fraction of sp³-hybridized carbons (Fsp3) is 0.440. The summed E-state index contributed by atoms with van der Waals surface area (Å²) in [6.07, 6.45) is 0.736. The van der Waals surface area contributed by atoms with E-state index in [9.17, 15) is 23.4 Å². The van der Waals surface area contributed by atoms with E-state index in [1.807, 2.05) is 0 Å². The number of nitrogens with zero attached hydrogens (tertiary/aromatic N) is 1. The molecule has 9 nitrogen and oxygen atoms in total. The Bertz CT molecular complexity index is 1260. The third kappa shape index (κ3) is 6.10. The molecule has 3 aromatic rings. The molecule has 194 valence electrons. The van der Waals surface area contributed by atoms with Gasteiger partial charge in [0.2, 0.25) is 0 Å². The summed E-state index contributed by atoms with van der Waals surface area (Å²) in [5, 5.41) is 22.3. The largest absolute Gasteiger partial charge is 0.392 e. The third-order valence-corrected chi connectivity index (χ3v) is 8.96. The Hall–Kier alpha value is -2.41. The number of aliphatic hydroxyl groups is 2. The fourth-order valence-electron chi connectivity index (χ4n) is 4.06. The van der Waals surface area contributed by atoms with Gasteiger partial charge in [-0.2, -0.15) is 0 Å². The first-order chi connectivity index (χ1) is 17.3. The van der Waals surface area contributed by atoms with Gasteiger partial charge in [0, 0.05) is 13.2 Å². The molecule has 1 aliphatic heterocycles. The summed E-state index contributed by atoms with van der Waals surface area (Å²) in [7, 11) is -3.36. The Balaban J connectivity index is 1.57. The van der Waals surface area contributed by atoms with E-state index in [1.54, 1.807) is 31.2 Å². The second-order valence-corrected chi connectivity index (χ2v) is 12.0. The number of hydrogen-bond donors (Lipinski definition) is 3. The summed E-state index contributed by atoms with van der Waals surface area (Å²) in [4.78, 5) is 18.0. The first-order valence-electron chi connectivity index (χ1n) is 11.8. The van der Waals surface area contributed by atoms with Gasteiger partial charge in [-0.15, -0.1) is 0 Å². The van der Waals surface area contributed by atoms with Crippen LogP contribution in [0.1, 0.15) is 42.6 Å². The van der Waals surface area contributed by atoms with E-state index in [0.29, 0.717) is 47.2 Å². The van der Waals surface area contributed by atoms with Crippen LogP contribution in [0.5, 0.6) is 0 Å². The highest BCUT2D eigenvalue weighted by Crippen LogP contribution is 2.31. The summed E-state index contributed by atoms with van der Waals surface area (Å²) in [5.41, 5.74) is 2.32. The quantitative estimate of drug-likeness (QED) is 0.361. The van der Waals surface area contributed by atoms with Crippen LogP contribution in [0.15, 0.2) is 41.3 Å². The van der Waals surface area contributed by atoms with Crippen LogP contribution in [0.3, 0.4) is 0 Å². The highest BCUT2D eigenvalue weighted by molar-refractivity contribution is 7.91. The monoisotopic (exact) mass is 534 g/mol. The number of nitrogens with one attached hydrogen (secondary N) is 1. The van der Waals surface area contributed by atoms with Crippen LogP contribution in [-0.4, -0.2) is 55.1 Å². The lowest BCUT2D eigenvalue weighted by Gasteiger charge is -2.25. The zero-order chi connectivity index (χ0) is 25.7. The molecule has 0 aliphatic carbocycles. The van der Waals surface area contributed by atoms with Crippen LogP contribution in [0.4, 0.5) is 5.13 Å². The molecule has 1 fully saturated rings. The normalized spacial score (nSPS) is 15.8. The Kier molecular flexibility index (Phi) is 8.70. The van der Waals surface area contributed by atoms with Crippen LogP contribution >= 0.6 is 11.3 Å². The van der Waals surface area contributed by atoms with Gasteiger partial charge < -0.3 is 19.7 Å². The molecule has 36 heavy (non-hydrogen) atoms. The zero-order valence-electron chi connectivity index (χ0n) is 20.0. The molecule has 0 bridgehead atoms. The van der Waals surface area contributed by atoms with Crippen molar-refractivity contribution in [3.05, 3.63) is 53.1 Å². The molecule has 0 spiro atoms. The summed E-state index contributed by atoms with van der Waals surface area (Å²) in [6, 6.07) is 9.65. The highest BCUT2D eigenvalue weighted by Gasteiger charge is 2.26. The Morgan fingerprint density at radius 2 is 1.83 bits per heavy atom. The maximum Gasteiger partial charge on any atom is 0.259 e. The SMILES string of the molecule is CCS(=O)(=O)c1ccc(C(OCC2CCOCC2)C(=O)Nc2nc3cc(CO)c(CO)cc3s2)cc1. The Morgan fingerprint density at radius 3 is 2.47 bits per heavy atom. The molecule has 1 aromatic heterocycles. The third-order valence-electron chi connectivity index (χ3n) is 6.28. The topological polar surface area (TPSA) is 135 Å². The molecule has 0 radical (unpaired) electrons. The van der Waals surface area contributed by atoms with E-state index in [1.165, 1.54) is 23.5 Å². The van der Waals surface area contributed by atoms with Crippen molar-refractivity contribution in [3.8, 4) is 0 Å². The number of benzene rings is 2. The van der Waals surface area contributed by atoms with E-state index >= 15 is 0 Å². The number of carbonyl (C=O) groups excluding carboxylic acids is 1. The minimum atomic E-state index is -3.36. The maximum absolute atomic E-state index is 13.4. The predicted octanol–water partition coefficient (Wildman–Crippen LogP) is 3.20. The highest BCUT2D eigenvalue weighted by atomic mass is 32.2. The van der Waals surface area contributed by atoms with E-state index in [-0.39, 0.29) is 29.8 Å². The summed E-state index contributed by atoms with van der Waals surface area (Å²) < 4.78 is 36.7. The van der Waals surface area contributed by atoms with Gasteiger partial charge in [-0.3, -0.25) is 10.1 Å². The smallest absolute Gasteiger partial charge is 0.259 e. The van der Waals surface area contributed by atoms with Crippen molar-refractivity contribution < 1.29 is 32.9 Å². The molecule has 3 N–H and O–H groups in total. The van der Waals surface area contributed by atoms with Crippen LogP contribution in [0, 0.1) is 5.92 Å². The lowest BCUT2D eigenvalue weighted by Crippen LogP contribution is -2.27. The van der Waals surface area contributed by atoms with Crippen molar-refractivity contribution in [2.24, 2.45) is 5.92 Å². The molecule has 1 atom stereocenters. The summed E-state index contributed by atoms with van der Waals surface area (Å²) >= 11 is 1.25. The lowest BCUT2D eigenvalue weighted by molar-refractivity contribution is -0.129. The van der Waals surface area contributed by atoms with Gasteiger partial charge in [0.1, 0.15) is 0 Å². The molecule has 1 aliphatic rings. The van der Waals surface area contributed by atoms with Crippen molar-refractivity contribution in [1.82, 2.24) is 4.98 Å². The van der Waals surface area contributed by atoms with Crippen LogP contribution in [-0.2, 0) is 37.3 Å². The second kappa shape index (κ2) is 11.8. The maximum atomic E-state index is 13.4. The van der Waals surface area contributed by atoms with Gasteiger partial charge in [0.25, 0.3) is 5.91 Å². The minimum Gasteiger partial charge on any atom is -0.392 e. The fourth-order valence-corrected chi connectivity index (χ4v) is 5.86. The lowest BCUT2D eigenvalue weighted by atomic mass is 10.0. The molecule has 1 saturated heterocycles. The predicted molar refractivity (Wildman–Crippen MR) is 137 cm³/mol. The molecule has 4 rings (SSSR count). The van der Waals surface area contributed by atoms with Gasteiger partial charge >= 0.3 is 0 Å². The number of rotatable bonds is 10. The zero-order valence-corrected chi connectivity index (χ0v) is 21.6. The summed E-state index contributed by atoms with van der Waals surface area (Å²) in [5.74, 6) is -0.161. The number of aromatic nitrogens is 1. The van der Waals surface area contributed by atoms with Gasteiger partial charge in [-0.05, 0) is 59.7 Å². The van der Waals surface area contributed by atoms with Crippen LogP contribution < -0.4 is 5.32 Å². The van der Waals surface area contributed by atoms with Crippen molar-refractivity contribution in [2.45, 2.75) is 44.0 Å². The summed E-state index contributed by atoms with van der Waals surface area (Å²) in [6.45, 7) is 2.84. The van der Waals surface area contributed by atoms with Crippen molar-refractivity contribution in [3.63, 3.8) is 0 Å². The molecule has 2 aromatic carbocycles. The number of hydrogen-bond acceptors (Lipinski definition) is 9. The van der Waals surface area contributed by atoms with Crippen molar-refractivity contribution in [1.29, 1.82) is 0 Å². The Labute approximate surface area is 214 Å². The van der Waals surface area contributed by atoms with Gasteiger partial charge in [0.05, 0.1) is 40.7 Å². The van der Waals surface area contributed by atoms with E-state index in [0.717, 1.165) is 17.5 Å². The first kappa shape index (κ1) is 26.6. The van der Waals surface area contributed by atoms with Gasteiger partial charge in [0.15, 0.2) is 21.1 Å². The molecular formula is C25H30N2O7S2. The second-order valence-electron chi connectivity index (χ2n) is 8.65. The number of sulfone groups is 1. The molecule has 11 heteroatoms. The van der Waals surface area contributed by atoms with Crippen molar-refractivity contribution >= 4 is 42.4 Å². The number of anilines is 1. The standard InChI is InChI=1S/C25H30N2O7S2/c1-2-36(31,32)20-5-3-17(4-6-20)23(34-15-16-7-9-33-10-8-16)24(30)27-25-26-21-11-18(13-28)19(14-29)12-22(21)35-25/h3-6,11-12,16,23,28-29H,2,7-10,13-15H2,1H3,(H,26,27,30). The van der Waals surface area contributed by atoms with Crippen molar-refractivity contribution in [2.75, 3.05) is 30.9 Å². The average molecular weight is 535 g/mol. The molecule has 1 unspecified atom stereocenters. The molecule has 2 heterocycles. The van der Waals surface area contributed by atoms with Gasteiger partial charge in [-0.25, -0.2) is 13.4 Å². The number of thiazole rings is 1. The molecule has 1 amide bonds. The average Bonchev–Trinajstić information content (AvgIpc) is 3.29. The number of amides is 1. The number of fused-ring (bicyclic) bond motifs is 1.